The summed E-state index contributed by atoms with van der Waals surface area (Å²) >= 11 is 0. The highest BCUT2D eigenvalue weighted by atomic mass is 16.3. The second-order valence-corrected chi connectivity index (χ2v) is 9.73. The summed E-state index contributed by atoms with van der Waals surface area (Å²) in [7, 11) is 0. The predicted molar refractivity (Wildman–Crippen MR) is 141 cm³/mol. The van der Waals surface area contributed by atoms with E-state index >= 15 is 0 Å². The van der Waals surface area contributed by atoms with Crippen molar-refractivity contribution in [2.75, 3.05) is 68.0 Å². The molecule has 1 aromatic carbocycles. The molecule has 0 aliphatic carbocycles. The number of piperazine rings is 1. The fourth-order valence-corrected chi connectivity index (χ4v) is 4.88. The Morgan fingerprint density at radius 1 is 1.14 bits per heavy atom. The molecule has 0 radical (unpaired) electrons. The fraction of sp³-hybridized carbons (Fsp3) is 0.423. The molecule has 1 fully saturated rings. The van der Waals surface area contributed by atoms with E-state index in [4.69, 9.17) is 4.98 Å². The van der Waals surface area contributed by atoms with Crippen LogP contribution >= 0.6 is 0 Å². The molecule has 37 heavy (non-hydrogen) atoms. The van der Waals surface area contributed by atoms with Crippen molar-refractivity contribution in [3.63, 3.8) is 0 Å². The molecule has 2 aromatic heterocycles. The molecule has 11 heteroatoms. The second-order valence-electron chi connectivity index (χ2n) is 9.73. The van der Waals surface area contributed by atoms with Gasteiger partial charge in [0.05, 0.1) is 30.2 Å². The number of aryl methyl sites for hydroxylation is 1. The van der Waals surface area contributed by atoms with Crippen LogP contribution in [0.3, 0.4) is 0 Å². The lowest BCUT2D eigenvalue weighted by Gasteiger charge is -2.35. The van der Waals surface area contributed by atoms with Crippen LogP contribution in [0.2, 0.25) is 0 Å². The van der Waals surface area contributed by atoms with E-state index in [0.717, 1.165) is 48.8 Å². The summed E-state index contributed by atoms with van der Waals surface area (Å²) in [6.45, 7) is 8.62. The third-order valence-electron chi connectivity index (χ3n) is 7.04. The first kappa shape index (κ1) is 24.8. The van der Waals surface area contributed by atoms with Gasteiger partial charge in [0.15, 0.2) is 0 Å². The standard InChI is InChI=1S/C26H31N9O2/c1-17-30-22(13-23(31-17)35-7-5-34(6-8-35)9-10-36)33-25-28-4-3-21(32-25)18-11-19(14-27)24-20(12-18)26(2,16-37)15-29-24/h3-4,11-13,29,36-37H,5-10,15-16H2,1-2H3,(H,28,30,31,32,33)/t26-/m1/s1. The molecule has 5 rings (SSSR count). The van der Waals surface area contributed by atoms with Crippen molar-refractivity contribution < 1.29 is 10.2 Å². The fourth-order valence-electron chi connectivity index (χ4n) is 4.88. The topological polar surface area (TPSA) is 146 Å². The first-order valence-corrected chi connectivity index (χ1v) is 12.4. The van der Waals surface area contributed by atoms with Crippen LogP contribution in [0, 0.1) is 18.3 Å². The van der Waals surface area contributed by atoms with Crippen LogP contribution in [0.5, 0.6) is 0 Å². The van der Waals surface area contributed by atoms with Crippen LogP contribution in [0.1, 0.15) is 23.9 Å². The lowest BCUT2D eigenvalue weighted by Crippen LogP contribution is -2.47. The van der Waals surface area contributed by atoms with E-state index in [1.54, 1.807) is 12.3 Å². The molecule has 0 saturated carbocycles. The van der Waals surface area contributed by atoms with E-state index in [1.807, 2.05) is 32.0 Å². The lowest BCUT2D eigenvalue weighted by atomic mass is 9.83. The van der Waals surface area contributed by atoms with Gasteiger partial charge in [0, 0.05) is 62.5 Å². The number of nitrogens with zero attached hydrogens (tertiary/aromatic N) is 7. The highest BCUT2D eigenvalue weighted by molar-refractivity contribution is 5.76. The first-order chi connectivity index (χ1) is 17.9. The second kappa shape index (κ2) is 10.3. The number of nitrogens with one attached hydrogen (secondary N) is 2. The van der Waals surface area contributed by atoms with E-state index in [9.17, 15) is 15.5 Å². The Morgan fingerprint density at radius 2 is 1.95 bits per heavy atom. The van der Waals surface area contributed by atoms with Crippen LogP contribution in [-0.4, -0.2) is 87.5 Å². The number of β-amino-alcohol motifs (C(OH)–C–C–N with tert-alkyl or cyclic N) is 1. The third-order valence-corrected chi connectivity index (χ3v) is 7.04. The Bertz CT molecular complexity index is 1330. The van der Waals surface area contributed by atoms with E-state index in [0.29, 0.717) is 41.9 Å². The van der Waals surface area contributed by atoms with Crippen molar-refractivity contribution >= 4 is 23.3 Å². The van der Waals surface area contributed by atoms with Crippen molar-refractivity contribution in [3.8, 4) is 17.3 Å². The molecule has 192 valence electrons. The molecule has 2 aliphatic heterocycles. The Hall–Kier alpha value is -3.85. The van der Waals surface area contributed by atoms with Gasteiger partial charge in [-0.15, -0.1) is 0 Å². The summed E-state index contributed by atoms with van der Waals surface area (Å²) in [4.78, 5) is 22.7. The summed E-state index contributed by atoms with van der Waals surface area (Å²) in [5.74, 6) is 2.46. The minimum absolute atomic E-state index is 0.0240. The van der Waals surface area contributed by atoms with Crippen LogP contribution in [0.4, 0.5) is 23.3 Å². The van der Waals surface area contributed by atoms with Gasteiger partial charge in [-0.1, -0.05) is 6.92 Å². The van der Waals surface area contributed by atoms with Gasteiger partial charge >= 0.3 is 0 Å². The maximum Gasteiger partial charge on any atom is 0.228 e. The number of fused-ring (bicyclic) bond motifs is 1. The number of nitriles is 1. The van der Waals surface area contributed by atoms with Gasteiger partial charge in [-0.3, -0.25) is 4.90 Å². The van der Waals surface area contributed by atoms with Crippen LogP contribution in [-0.2, 0) is 5.41 Å². The van der Waals surface area contributed by atoms with Gasteiger partial charge in [-0.25, -0.2) is 19.9 Å². The van der Waals surface area contributed by atoms with E-state index in [1.165, 1.54) is 0 Å². The predicted octanol–water partition coefficient (Wildman–Crippen LogP) is 1.65. The van der Waals surface area contributed by atoms with Crippen LogP contribution in [0.15, 0.2) is 30.5 Å². The molecule has 3 aromatic rings. The maximum absolute atomic E-state index is 9.99. The van der Waals surface area contributed by atoms with Gasteiger partial charge in [0.25, 0.3) is 0 Å². The largest absolute Gasteiger partial charge is 0.395 e. The quantitative estimate of drug-likeness (QED) is 0.375. The smallest absolute Gasteiger partial charge is 0.228 e. The highest BCUT2D eigenvalue weighted by Gasteiger charge is 2.36. The summed E-state index contributed by atoms with van der Waals surface area (Å²) < 4.78 is 0. The molecule has 11 nitrogen and oxygen atoms in total. The Balaban J connectivity index is 1.39. The van der Waals surface area contributed by atoms with E-state index in [-0.39, 0.29) is 13.2 Å². The summed E-state index contributed by atoms with van der Waals surface area (Å²) in [6, 6.07) is 9.76. The zero-order valence-electron chi connectivity index (χ0n) is 21.1. The normalized spacial score (nSPS) is 19.3. The van der Waals surface area contributed by atoms with E-state index in [2.05, 4.69) is 41.5 Å². The molecule has 1 saturated heterocycles. The molecular formula is C26H31N9O2. The molecule has 0 bridgehead atoms. The number of hydrogen-bond acceptors (Lipinski definition) is 11. The molecule has 0 amide bonds. The summed E-state index contributed by atoms with van der Waals surface area (Å²) in [6.07, 6.45) is 1.67. The zero-order chi connectivity index (χ0) is 26.0. The number of rotatable bonds is 7. The number of hydrogen-bond donors (Lipinski definition) is 4. The van der Waals surface area contributed by atoms with Crippen LogP contribution < -0.4 is 15.5 Å². The lowest BCUT2D eigenvalue weighted by molar-refractivity contribution is 0.188. The van der Waals surface area contributed by atoms with Gasteiger partial charge in [-0.05, 0) is 30.7 Å². The monoisotopic (exact) mass is 501 g/mol. The summed E-state index contributed by atoms with van der Waals surface area (Å²) in [5, 5.41) is 35.4. The van der Waals surface area contributed by atoms with Gasteiger partial charge in [-0.2, -0.15) is 5.26 Å². The van der Waals surface area contributed by atoms with Crippen molar-refractivity contribution in [2.24, 2.45) is 0 Å². The average Bonchev–Trinajstić information content (AvgIpc) is 3.25. The third kappa shape index (κ3) is 5.04. The van der Waals surface area contributed by atoms with Gasteiger partial charge in [0.2, 0.25) is 5.95 Å². The number of aliphatic hydroxyl groups excluding tert-OH is 2. The Kier molecular flexibility index (Phi) is 6.88. The highest BCUT2D eigenvalue weighted by Crippen LogP contribution is 2.41. The van der Waals surface area contributed by atoms with Crippen molar-refractivity contribution in [2.45, 2.75) is 19.3 Å². The minimum Gasteiger partial charge on any atom is -0.395 e. The number of aromatic nitrogens is 4. The number of aliphatic hydroxyl groups is 2. The molecule has 4 N–H and O–H groups in total. The Morgan fingerprint density at radius 3 is 2.68 bits per heavy atom. The van der Waals surface area contributed by atoms with Crippen LogP contribution in [0.25, 0.3) is 11.3 Å². The zero-order valence-corrected chi connectivity index (χ0v) is 21.1. The maximum atomic E-state index is 9.99. The SMILES string of the molecule is Cc1nc(Nc2nccc(-c3cc(C#N)c4c(c3)[C@@](C)(CO)CN4)n2)cc(N2CCN(CCO)CC2)n1. The summed E-state index contributed by atoms with van der Waals surface area (Å²) in [5.41, 5.74) is 3.18. The molecule has 0 spiro atoms. The van der Waals surface area contributed by atoms with Gasteiger partial charge < -0.3 is 25.7 Å². The molecule has 4 heterocycles. The van der Waals surface area contributed by atoms with Crippen molar-refractivity contribution in [1.29, 1.82) is 5.26 Å². The van der Waals surface area contributed by atoms with Crippen molar-refractivity contribution in [3.05, 3.63) is 47.4 Å². The first-order valence-electron chi connectivity index (χ1n) is 12.4. The molecule has 0 unspecified atom stereocenters. The van der Waals surface area contributed by atoms with Gasteiger partial charge in [0.1, 0.15) is 23.5 Å². The minimum atomic E-state index is -0.469. The van der Waals surface area contributed by atoms with Crippen molar-refractivity contribution in [1.82, 2.24) is 24.8 Å². The molecule has 2 aliphatic rings. The molecule has 1 atom stereocenters. The number of anilines is 4. The molecular weight excluding hydrogens is 470 g/mol. The van der Waals surface area contributed by atoms with E-state index < -0.39 is 5.41 Å². The number of benzene rings is 1. The average molecular weight is 502 g/mol. The Labute approximate surface area is 215 Å².